The topological polar surface area (TPSA) is 67.9 Å². The van der Waals surface area contributed by atoms with E-state index in [-0.39, 0.29) is 11.8 Å². The van der Waals surface area contributed by atoms with Crippen LogP contribution in [0.5, 0.6) is 5.75 Å². The number of para-hydroxylation sites is 1. The molecule has 6 nitrogen and oxygen atoms in total. The molecule has 0 saturated heterocycles. The van der Waals surface area contributed by atoms with E-state index in [1.54, 1.807) is 19.1 Å². The highest BCUT2D eigenvalue weighted by Crippen LogP contribution is 2.41. The molecule has 2 amide bonds. The molecule has 28 heavy (non-hydrogen) atoms. The lowest BCUT2D eigenvalue weighted by atomic mass is 10.1. The first-order valence-corrected chi connectivity index (χ1v) is 9.64. The first-order chi connectivity index (χ1) is 13.6. The van der Waals surface area contributed by atoms with Crippen LogP contribution in [-0.2, 0) is 20.9 Å². The van der Waals surface area contributed by atoms with Gasteiger partial charge in [-0.1, -0.05) is 36.0 Å². The molecule has 1 heterocycles. The van der Waals surface area contributed by atoms with Crippen molar-refractivity contribution in [1.82, 2.24) is 5.32 Å². The normalized spacial score (nSPS) is 14.7. The maximum absolute atomic E-state index is 13.1. The number of nitrogens with zero attached hydrogens (tertiary/aromatic N) is 1. The predicted molar refractivity (Wildman–Crippen MR) is 109 cm³/mol. The van der Waals surface area contributed by atoms with E-state index in [1.807, 2.05) is 48.5 Å². The van der Waals surface area contributed by atoms with Gasteiger partial charge in [0.25, 0.3) is 5.91 Å². The summed E-state index contributed by atoms with van der Waals surface area (Å²) in [7, 11) is 3.18. The first-order valence-electron chi connectivity index (χ1n) is 8.82. The summed E-state index contributed by atoms with van der Waals surface area (Å²) in [4.78, 5) is 28.3. The van der Waals surface area contributed by atoms with Crippen molar-refractivity contribution in [1.29, 1.82) is 0 Å². The van der Waals surface area contributed by atoms with Gasteiger partial charge in [0, 0.05) is 24.6 Å². The molecule has 2 aromatic rings. The number of carbonyl (C=O) groups excluding carboxylic acids is 2. The number of methoxy groups -OCH3 is 2. The lowest BCUT2D eigenvalue weighted by Gasteiger charge is -2.30. The first kappa shape index (κ1) is 20.0. The number of hydrogen-bond acceptors (Lipinski definition) is 5. The molecule has 0 aliphatic carbocycles. The van der Waals surface area contributed by atoms with Crippen LogP contribution < -0.4 is 15.0 Å². The van der Waals surface area contributed by atoms with Crippen molar-refractivity contribution in [2.24, 2.45) is 0 Å². The van der Waals surface area contributed by atoms with Crippen LogP contribution in [-0.4, -0.2) is 39.2 Å². The monoisotopic (exact) mass is 398 g/mol. The number of hydrogen-bond donors (Lipinski definition) is 1. The molecule has 3 rings (SSSR count). The molecule has 0 atom stereocenters. The maximum Gasteiger partial charge on any atom is 0.265 e. The fourth-order valence-electron chi connectivity index (χ4n) is 2.82. The molecule has 146 valence electrons. The number of nitrogens with one attached hydrogen (secondary N) is 1. The highest BCUT2D eigenvalue weighted by atomic mass is 32.2. The Morgan fingerprint density at radius 2 is 2.00 bits per heavy atom. The second-order valence-corrected chi connectivity index (χ2v) is 7.19. The van der Waals surface area contributed by atoms with E-state index in [9.17, 15) is 9.59 Å². The highest BCUT2D eigenvalue weighted by Gasteiger charge is 2.29. The molecule has 1 aliphatic heterocycles. The summed E-state index contributed by atoms with van der Waals surface area (Å²) in [6.45, 7) is 1.19. The van der Waals surface area contributed by atoms with Gasteiger partial charge in [0.05, 0.1) is 30.9 Å². The molecule has 1 aliphatic rings. The molecule has 1 N–H and O–H groups in total. The van der Waals surface area contributed by atoms with E-state index in [0.29, 0.717) is 24.6 Å². The van der Waals surface area contributed by atoms with E-state index < -0.39 is 0 Å². The third kappa shape index (κ3) is 4.74. The predicted octanol–water partition coefficient (Wildman–Crippen LogP) is 2.98. The largest absolute Gasteiger partial charge is 0.497 e. The Labute approximate surface area is 168 Å². The van der Waals surface area contributed by atoms with Crippen molar-refractivity contribution in [2.75, 3.05) is 32.3 Å². The van der Waals surface area contributed by atoms with E-state index in [2.05, 4.69) is 5.32 Å². The lowest BCUT2D eigenvalue weighted by molar-refractivity contribution is -0.118. The molecule has 0 unspecified atom stereocenters. The van der Waals surface area contributed by atoms with Crippen LogP contribution in [0.1, 0.15) is 5.56 Å². The van der Waals surface area contributed by atoms with Gasteiger partial charge in [0.2, 0.25) is 5.91 Å². The molecular weight excluding hydrogens is 376 g/mol. The van der Waals surface area contributed by atoms with E-state index in [1.165, 1.54) is 17.8 Å². The number of rotatable bonds is 7. The van der Waals surface area contributed by atoms with Crippen LogP contribution in [0, 0.1) is 0 Å². The van der Waals surface area contributed by atoms with Gasteiger partial charge in [0.15, 0.2) is 0 Å². The Morgan fingerprint density at radius 3 is 2.79 bits per heavy atom. The van der Waals surface area contributed by atoms with Gasteiger partial charge in [-0.05, 0) is 29.8 Å². The standard InChI is InChI=1S/C21H22N2O4S/c1-26-11-10-22-20(24)13-19-21(25)23(17-8-3-4-9-18(17)28-19)14-15-6-5-7-16(12-15)27-2/h3-9,12-13H,10-11,14H2,1-2H3,(H,22,24). The van der Waals surface area contributed by atoms with Gasteiger partial charge in [-0.2, -0.15) is 0 Å². The molecule has 0 bridgehead atoms. The van der Waals surface area contributed by atoms with Crippen LogP contribution in [0.25, 0.3) is 0 Å². The second-order valence-electron chi connectivity index (χ2n) is 6.11. The maximum atomic E-state index is 13.1. The van der Waals surface area contributed by atoms with Crippen molar-refractivity contribution in [3.8, 4) is 5.75 Å². The summed E-state index contributed by atoms with van der Waals surface area (Å²) in [6, 6.07) is 15.3. The zero-order valence-corrected chi connectivity index (χ0v) is 16.6. The van der Waals surface area contributed by atoms with Gasteiger partial charge in [-0.25, -0.2) is 0 Å². The molecular formula is C21H22N2O4S. The van der Waals surface area contributed by atoms with Crippen molar-refractivity contribution < 1.29 is 19.1 Å². The highest BCUT2D eigenvalue weighted by molar-refractivity contribution is 8.04. The fraction of sp³-hybridized carbons (Fsp3) is 0.238. The van der Waals surface area contributed by atoms with Gasteiger partial charge in [0.1, 0.15) is 5.75 Å². The summed E-state index contributed by atoms with van der Waals surface area (Å²) < 4.78 is 10.2. The summed E-state index contributed by atoms with van der Waals surface area (Å²) >= 11 is 1.31. The van der Waals surface area contributed by atoms with Crippen LogP contribution >= 0.6 is 11.8 Å². The number of thioether (sulfide) groups is 1. The number of benzene rings is 2. The average Bonchev–Trinajstić information content (AvgIpc) is 2.71. The van der Waals surface area contributed by atoms with Crippen molar-refractivity contribution in [3.05, 3.63) is 65.1 Å². The Morgan fingerprint density at radius 1 is 1.18 bits per heavy atom. The summed E-state index contributed by atoms with van der Waals surface area (Å²) in [6.07, 6.45) is 1.36. The summed E-state index contributed by atoms with van der Waals surface area (Å²) in [5.74, 6) is 0.222. The van der Waals surface area contributed by atoms with Crippen LogP contribution in [0.15, 0.2) is 64.4 Å². The molecule has 0 aromatic heterocycles. The van der Waals surface area contributed by atoms with Crippen molar-refractivity contribution in [3.63, 3.8) is 0 Å². The number of carbonyl (C=O) groups is 2. The Bertz CT molecular complexity index is 897. The Hall–Kier alpha value is -2.77. The van der Waals surface area contributed by atoms with Gasteiger partial charge in [-0.3, -0.25) is 9.59 Å². The van der Waals surface area contributed by atoms with Gasteiger partial charge >= 0.3 is 0 Å². The van der Waals surface area contributed by atoms with Crippen LogP contribution in [0.4, 0.5) is 5.69 Å². The third-order valence-corrected chi connectivity index (χ3v) is 5.25. The number of ether oxygens (including phenoxy) is 2. The van der Waals surface area contributed by atoms with Crippen molar-refractivity contribution in [2.45, 2.75) is 11.4 Å². The number of amides is 2. The molecule has 7 heteroatoms. The number of fused-ring (bicyclic) bond motifs is 1. The van der Waals surface area contributed by atoms with Gasteiger partial charge < -0.3 is 19.7 Å². The quantitative estimate of drug-likeness (QED) is 0.574. The minimum Gasteiger partial charge on any atom is -0.497 e. The third-order valence-electron chi connectivity index (χ3n) is 4.17. The van der Waals surface area contributed by atoms with Gasteiger partial charge in [-0.15, -0.1) is 0 Å². The van der Waals surface area contributed by atoms with Crippen LogP contribution in [0.2, 0.25) is 0 Å². The minimum absolute atomic E-state index is 0.201. The average molecular weight is 398 g/mol. The molecule has 2 aromatic carbocycles. The Kier molecular flexibility index (Phi) is 6.73. The summed E-state index contributed by atoms with van der Waals surface area (Å²) in [5.41, 5.74) is 1.77. The zero-order valence-electron chi connectivity index (χ0n) is 15.8. The SMILES string of the molecule is COCCNC(=O)C=C1Sc2ccccc2N(Cc2cccc(OC)c2)C1=O. The van der Waals surface area contributed by atoms with Crippen molar-refractivity contribution >= 4 is 29.3 Å². The van der Waals surface area contributed by atoms with E-state index in [4.69, 9.17) is 9.47 Å². The van der Waals surface area contributed by atoms with E-state index in [0.717, 1.165) is 21.9 Å². The van der Waals surface area contributed by atoms with E-state index >= 15 is 0 Å². The lowest BCUT2D eigenvalue weighted by Crippen LogP contribution is -2.35. The molecule has 0 fully saturated rings. The molecule has 0 spiro atoms. The fourth-order valence-corrected chi connectivity index (χ4v) is 3.85. The summed E-state index contributed by atoms with van der Waals surface area (Å²) in [5, 5.41) is 2.71. The second kappa shape index (κ2) is 9.43. The minimum atomic E-state index is -0.311. The Balaban J connectivity index is 1.87. The zero-order chi connectivity index (χ0) is 19.9. The number of anilines is 1. The smallest absolute Gasteiger partial charge is 0.265 e. The van der Waals surface area contributed by atoms with Crippen LogP contribution in [0.3, 0.4) is 0 Å². The molecule has 0 saturated carbocycles. The molecule has 0 radical (unpaired) electrons.